The lowest BCUT2D eigenvalue weighted by Gasteiger charge is -2.06. The Bertz CT molecular complexity index is 255. The maximum Gasteiger partial charge on any atom is 0.569 e. The van der Waals surface area contributed by atoms with Gasteiger partial charge in [-0.2, -0.15) is 0 Å². The van der Waals surface area contributed by atoms with Gasteiger partial charge in [0.15, 0.2) is 0 Å². The van der Waals surface area contributed by atoms with Crippen molar-refractivity contribution in [3.05, 3.63) is 24.3 Å². The van der Waals surface area contributed by atoms with E-state index < -0.39 is 0 Å². The van der Waals surface area contributed by atoms with E-state index in [1.165, 1.54) is 0 Å². The second-order valence-corrected chi connectivity index (χ2v) is 3.09. The number of rotatable bonds is 6. The van der Waals surface area contributed by atoms with Crippen LogP contribution in [0.1, 0.15) is 6.42 Å². The van der Waals surface area contributed by atoms with Gasteiger partial charge in [-0.05, 0) is 30.7 Å². The average molecular weight is 212 g/mol. The topological polar surface area (TPSA) is 41.5 Å². The molecule has 0 atom stereocenters. The molecule has 0 amide bonds. The third-order valence-corrected chi connectivity index (χ3v) is 1.95. The Morgan fingerprint density at radius 1 is 1.36 bits per heavy atom. The summed E-state index contributed by atoms with van der Waals surface area (Å²) in [7, 11) is 0.663. The molecular weight excluding hydrogens is 200 g/mol. The minimum atomic E-state index is 0.607. The molecule has 3 nitrogen and oxygen atoms in total. The molecule has 0 aromatic heterocycles. The summed E-state index contributed by atoms with van der Waals surface area (Å²) in [6.45, 7) is 0.857. The zero-order valence-corrected chi connectivity index (χ0v) is 8.50. The first-order valence-corrected chi connectivity index (χ1v) is 4.92. The van der Waals surface area contributed by atoms with Crippen molar-refractivity contribution in [2.75, 3.05) is 17.7 Å². The van der Waals surface area contributed by atoms with Crippen LogP contribution < -0.4 is 9.97 Å². The lowest BCUT2D eigenvalue weighted by Crippen LogP contribution is -2.02. The van der Waals surface area contributed by atoms with Gasteiger partial charge in [-0.1, -0.05) is 0 Å². The number of hydrogen-bond donors (Lipinski definition) is 2. The van der Waals surface area contributed by atoms with Crippen LogP contribution in [-0.4, -0.2) is 25.1 Å². The van der Waals surface area contributed by atoms with Crippen LogP contribution in [0.25, 0.3) is 0 Å². The lowest BCUT2D eigenvalue weighted by molar-refractivity contribution is 0.454. The highest BCUT2D eigenvalue weighted by Gasteiger charge is 1.94. The Morgan fingerprint density at radius 3 is 2.64 bits per heavy atom. The smallest absolute Gasteiger partial charge is 0.537 e. The SMILES string of the molecule is O[B]Oc1ccc(NCCCCl)cc1. The highest BCUT2D eigenvalue weighted by Crippen LogP contribution is 2.14. The number of hydrogen-bond acceptors (Lipinski definition) is 3. The maximum atomic E-state index is 8.38. The molecule has 2 N–H and O–H groups in total. The van der Waals surface area contributed by atoms with Crippen molar-refractivity contribution in [2.24, 2.45) is 0 Å². The number of benzene rings is 1. The van der Waals surface area contributed by atoms with Gasteiger partial charge < -0.3 is 15.0 Å². The fourth-order valence-corrected chi connectivity index (χ4v) is 1.15. The van der Waals surface area contributed by atoms with Crippen molar-refractivity contribution in [3.8, 4) is 5.75 Å². The van der Waals surface area contributed by atoms with Gasteiger partial charge in [-0.25, -0.2) is 0 Å². The normalized spacial score (nSPS) is 9.57. The molecule has 0 saturated heterocycles. The lowest BCUT2D eigenvalue weighted by atomic mass is 10.3. The quantitative estimate of drug-likeness (QED) is 0.428. The zero-order valence-electron chi connectivity index (χ0n) is 7.74. The minimum Gasteiger partial charge on any atom is -0.537 e. The molecule has 1 rings (SSSR count). The molecular formula is C9H12BClNO2. The molecule has 14 heavy (non-hydrogen) atoms. The van der Waals surface area contributed by atoms with E-state index in [9.17, 15) is 0 Å². The van der Waals surface area contributed by atoms with Crippen molar-refractivity contribution < 1.29 is 9.68 Å². The Morgan fingerprint density at radius 2 is 2.07 bits per heavy atom. The monoisotopic (exact) mass is 212 g/mol. The zero-order chi connectivity index (χ0) is 10.2. The summed E-state index contributed by atoms with van der Waals surface area (Å²) < 4.78 is 4.77. The van der Waals surface area contributed by atoms with E-state index in [0.29, 0.717) is 19.3 Å². The van der Waals surface area contributed by atoms with Gasteiger partial charge in [-0.3, -0.25) is 0 Å². The summed E-state index contributed by atoms with van der Waals surface area (Å²) in [5.74, 6) is 1.27. The Hall–Kier alpha value is -0.865. The summed E-state index contributed by atoms with van der Waals surface area (Å²) in [5, 5.41) is 11.6. The molecule has 0 heterocycles. The maximum absolute atomic E-state index is 8.38. The van der Waals surface area contributed by atoms with E-state index >= 15 is 0 Å². The molecule has 0 aliphatic rings. The number of nitrogens with one attached hydrogen (secondary N) is 1. The summed E-state index contributed by atoms with van der Waals surface area (Å²) in [5.41, 5.74) is 1.01. The first-order chi connectivity index (χ1) is 6.86. The van der Waals surface area contributed by atoms with Gasteiger partial charge >= 0.3 is 7.69 Å². The minimum absolute atomic E-state index is 0.607. The molecule has 75 valence electrons. The summed E-state index contributed by atoms with van der Waals surface area (Å²) >= 11 is 5.54. The summed E-state index contributed by atoms with van der Waals surface area (Å²) in [6, 6.07) is 7.31. The largest absolute Gasteiger partial charge is 0.569 e. The standard InChI is InChI=1S/C9H12BClNO2/c11-6-1-7-12-8-2-4-9(5-3-8)14-10-13/h2-5,12-13H,1,6-7H2. The van der Waals surface area contributed by atoms with Gasteiger partial charge in [0.1, 0.15) is 5.75 Å². The van der Waals surface area contributed by atoms with Crippen LogP contribution in [0.2, 0.25) is 0 Å². The number of anilines is 1. The Balaban J connectivity index is 2.38. The molecule has 0 unspecified atom stereocenters. The van der Waals surface area contributed by atoms with Crippen LogP contribution in [-0.2, 0) is 0 Å². The van der Waals surface area contributed by atoms with Gasteiger partial charge in [0, 0.05) is 18.1 Å². The van der Waals surface area contributed by atoms with Gasteiger partial charge in [0.05, 0.1) is 0 Å². The molecule has 1 aromatic carbocycles. The van der Waals surface area contributed by atoms with Crippen molar-refractivity contribution in [3.63, 3.8) is 0 Å². The molecule has 0 bridgehead atoms. The highest BCUT2D eigenvalue weighted by atomic mass is 35.5. The first-order valence-electron chi connectivity index (χ1n) is 4.39. The average Bonchev–Trinajstić information content (AvgIpc) is 2.21. The molecule has 0 aliphatic heterocycles. The summed E-state index contributed by atoms with van der Waals surface area (Å²) in [6.07, 6.45) is 0.935. The van der Waals surface area contributed by atoms with Crippen molar-refractivity contribution >= 4 is 25.0 Å². The Labute approximate surface area is 89.3 Å². The van der Waals surface area contributed by atoms with Crippen LogP contribution in [0.5, 0.6) is 5.75 Å². The van der Waals surface area contributed by atoms with Gasteiger partial charge in [0.25, 0.3) is 0 Å². The van der Waals surface area contributed by atoms with Crippen molar-refractivity contribution in [1.82, 2.24) is 0 Å². The molecule has 0 fully saturated rings. The summed E-state index contributed by atoms with van der Waals surface area (Å²) in [4.78, 5) is 0. The van der Waals surface area contributed by atoms with E-state index in [2.05, 4.69) is 5.32 Å². The van der Waals surface area contributed by atoms with Crippen molar-refractivity contribution in [2.45, 2.75) is 6.42 Å². The van der Waals surface area contributed by atoms with Gasteiger partial charge in [0.2, 0.25) is 0 Å². The van der Waals surface area contributed by atoms with E-state index in [0.717, 1.165) is 18.7 Å². The molecule has 1 radical (unpaired) electrons. The van der Waals surface area contributed by atoms with E-state index in [1.54, 1.807) is 12.1 Å². The predicted octanol–water partition coefficient (Wildman–Crippen LogP) is 1.63. The molecule has 0 saturated carbocycles. The van der Waals surface area contributed by atoms with Crippen LogP contribution >= 0.6 is 11.6 Å². The van der Waals surface area contributed by atoms with Crippen LogP contribution in [0.15, 0.2) is 24.3 Å². The third-order valence-electron chi connectivity index (χ3n) is 1.68. The highest BCUT2D eigenvalue weighted by molar-refractivity contribution is 6.17. The fourth-order valence-electron chi connectivity index (χ4n) is 1.01. The number of alkyl halides is 1. The fraction of sp³-hybridized carbons (Fsp3) is 0.333. The van der Waals surface area contributed by atoms with Crippen molar-refractivity contribution in [1.29, 1.82) is 0 Å². The van der Waals surface area contributed by atoms with E-state index in [4.69, 9.17) is 21.3 Å². The van der Waals surface area contributed by atoms with Crippen LogP contribution in [0.3, 0.4) is 0 Å². The van der Waals surface area contributed by atoms with Crippen LogP contribution in [0.4, 0.5) is 5.69 Å². The molecule has 0 aliphatic carbocycles. The molecule has 0 spiro atoms. The predicted molar refractivity (Wildman–Crippen MR) is 58.9 cm³/mol. The second-order valence-electron chi connectivity index (χ2n) is 2.72. The molecule has 5 heteroatoms. The second kappa shape index (κ2) is 6.57. The van der Waals surface area contributed by atoms with E-state index in [1.807, 2.05) is 12.1 Å². The van der Waals surface area contributed by atoms with E-state index in [-0.39, 0.29) is 0 Å². The van der Waals surface area contributed by atoms with Gasteiger partial charge in [-0.15, -0.1) is 11.6 Å². The first kappa shape index (κ1) is 11.2. The van der Waals surface area contributed by atoms with Crippen LogP contribution in [0, 0.1) is 0 Å². The number of halogens is 1. The third kappa shape index (κ3) is 3.90. The molecule has 1 aromatic rings. The Kier molecular flexibility index (Phi) is 5.26.